The van der Waals surface area contributed by atoms with Gasteiger partial charge in [0.15, 0.2) is 0 Å². The lowest BCUT2D eigenvalue weighted by Crippen LogP contribution is -2.15. The molecule has 90 valence electrons. The Morgan fingerprint density at radius 1 is 1.00 bits per heavy atom. The molecule has 3 aromatic rings. The minimum Gasteiger partial charge on any atom is -0.370 e. The minimum absolute atomic E-state index is 0.927. The van der Waals surface area contributed by atoms with E-state index < -0.39 is 0 Å². The number of H-pyrrole nitrogens is 1. The third-order valence-corrected chi connectivity index (χ3v) is 3.24. The molecule has 1 N–H and O–H groups in total. The number of fused-ring (bicyclic) bond motifs is 1. The molecular weight excluding hydrogens is 220 g/mol. The zero-order valence-electron chi connectivity index (χ0n) is 10.4. The van der Waals surface area contributed by atoms with E-state index in [1.165, 1.54) is 22.2 Å². The molecule has 0 saturated carbocycles. The lowest BCUT2D eigenvalue weighted by molar-refractivity contribution is 0.924. The molecule has 0 amide bonds. The zero-order valence-corrected chi connectivity index (χ0v) is 10.4. The van der Waals surface area contributed by atoms with E-state index in [0.717, 1.165) is 6.54 Å². The van der Waals surface area contributed by atoms with Crippen LogP contribution < -0.4 is 4.90 Å². The number of hydrogen-bond donors (Lipinski definition) is 1. The average Bonchev–Trinajstić information content (AvgIpc) is 2.87. The molecule has 2 nitrogen and oxygen atoms in total. The van der Waals surface area contributed by atoms with Crippen LogP contribution >= 0.6 is 0 Å². The largest absolute Gasteiger partial charge is 0.370 e. The van der Waals surface area contributed by atoms with Crippen LogP contribution in [0, 0.1) is 0 Å². The quantitative estimate of drug-likeness (QED) is 0.732. The highest BCUT2D eigenvalue weighted by Gasteiger charge is 2.03. The maximum Gasteiger partial charge on any atom is 0.0455 e. The molecule has 0 atom stereocenters. The Hall–Kier alpha value is -2.22. The topological polar surface area (TPSA) is 19.0 Å². The van der Waals surface area contributed by atoms with Gasteiger partial charge in [-0.05, 0) is 29.8 Å². The summed E-state index contributed by atoms with van der Waals surface area (Å²) in [5.41, 5.74) is 3.76. The van der Waals surface area contributed by atoms with E-state index in [1.54, 1.807) is 0 Å². The Morgan fingerprint density at radius 2 is 1.83 bits per heavy atom. The Bertz CT molecular complexity index is 640. The number of aromatic amines is 1. The van der Waals surface area contributed by atoms with Gasteiger partial charge in [-0.2, -0.15) is 0 Å². The van der Waals surface area contributed by atoms with Crippen molar-refractivity contribution < 1.29 is 0 Å². The van der Waals surface area contributed by atoms with Gasteiger partial charge in [-0.3, -0.25) is 0 Å². The van der Waals surface area contributed by atoms with Crippen LogP contribution in [0.15, 0.2) is 60.8 Å². The summed E-state index contributed by atoms with van der Waals surface area (Å²) in [7, 11) is 2.13. The van der Waals surface area contributed by atoms with Crippen LogP contribution in [0.1, 0.15) is 5.56 Å². The molecule has 1 aromatic heterocycles. The van der Waals surface area contributed by atoms with Gasteiger partial charge >= 0.3 is 0 Å². The van der Waals surface area contributed by atoms with Gasteiger partial charge < -0.3 is 9.88 Å². The Balaban J connectivity index is 1.85. The van der Waals surface area contributed by atoms with Crippen LogP contribution in [0.25, 0.3) is 10.9 Å². The number of nitrogens with zero attached hydrogens (tertiary/aromatic N) is 1. The summed E-state index contributed by atoms with van der Waals surface area (Å²) in [6.45, 7) is 0.927. The Morgan fingerprint density at radius 3 is 2.67 bits per heavy atom. The summed E-state index contributed by atoms with van der Waals surface area (Å²) in [4.78, 5) is 5.48. The number of benzene rings is 2. The van der Waals surface area contributed by atoms with Crippen molar-refractivity contribution in [2.45, 2.75) is 6.54 Å². The molecule has 0 spiro atoms. The van der Waals surface area contributed by atoms with E-state index in [9.17, 15) is 0 Å². The molecule has 0 fully saturated rings. The first-order chi connectivity index (χ1) is 8.83. The summed E-state index contributed by atoms with van der Waals surface area (Å²) < 4.78 is 0. The van der Waals surface area contributed by atoms with Crippen LogP contribution in [0.2, 0.25) is 0 Å². The van der Waals surface area contributed by atoms with Gasteiger partial charge in [0.25, 0.3) is 0 Å². The molecule has 0 aliphatic carbocycles. The molecule has 0 bridgehead atoms. The van der Waals surface area contributed by atoms with Gasteiger partial charge in [-0.25, -0.2) is 0 Å². The van der Waals surface area contributed by atoms with Crippen molar-refractivity contribution >= 4 is 16.6 Å². The van der Waals surface area contributed by atoms with Gasteiger partial charge in [0.1, 0.15) is 0 Å². The first-order valence-corrected chi connectivity index (χ1v) is 6.15. The van der Waals surface area contributed by atoms with Crippen LogP contribution in [0.5, 0.6) is 0 Å². The summed E-state index contributed by atoms with van der Waals surface area (Å²) in [5, 5.41) is 1.26. The fraction of sp³-hybridized carbons (Fsp3) is 0.125. The van der Waals surface area contributed by atoms with Gasteiger partial charge in [0.05, 0.1) is 0 Å². The van der Waals surface area contributed by atoms with Crippen LogP contribution in [-0.4, -0.2) is 12.0 Å². The van der Waals surface area contributed by atoms with Crippen molar-refractivity contribution in [1.29, 1.82) is 0 Å². The van der Waals surface area contributed by atoms with Gasteiger partial charge in [-0.1, -0.05) is 30.3 Å². The Labute approximate surface area is 107 Å². The van der Waals surface area contributed by atoms with Crippen molar-refractivity contribution in [1.82, 2.24) is 4.98 Å². The summed E-state index contributed by atoms with van der Waals surface area (Å²) >= 11 is 0. The second kappa shape index (κ2) is 4.57. The molecule has 2 aromatic carbocycles. The normalized spacial score (nSPS) is 10.7. The predicted octanol–water partition coefficient (Wildman–Crippen LogP) is 3.80. The maximum absolute atomic E-state index is 3.22. The second-order valence-electron chi connectivity index (χ2n) is 4.59. The highest BCUT2D eigenvalue weighted by atomic mass is 15.1. The molecule has 0 aliphatic rings. The monoisotopic (exact) mass is 236 g/mol. The molecular formula is C16H16N2. The minimum atomic E-state index is 0.927. The highest BCUT2D eigenvalue weighted by Crippen LogP contribution is 2.21. The third kappa shape index (κ3) is 2.09. The molecule has 1 heterocycles. The third-order valence-electron chi connectivity index (χ3n) is 3.24. The molecule has 3 rings (SSSR count). The number of rotatable bonds is 3. The van der Waals surface area contributed by atoms with E-state index in [0.29, 0.717) is 0 Å². The van der Waals surface area contributed by atoms with E-state index in [4.69, 9.17) is 0 Å². The van der Waals surface area contributed by atoms with E-state index in [-0.39, 0.29) is 0 Å². The molecule has 0 radical (unpaired) electrons. The fourth-order valence-electron chi connectivity index (χ4n) is 2.23. The van der Waals surface area contributed by atoms with E-state index >= 15 is 0 Å². The standard InChI is InChI=1S/C16H16N2/c1-18(12-13-5-3-2-4-6-13)15-7-8-16-14(11-15)9-10-17-16/h2-11,17H,12H2,1H3. The number of nitrogens with one attached hydrogen (secondary N) is 1. The smallest absolute Gasteiger partial charge is 0.0455 e. The van der Waals surface area contributed by atoms with Crippen LogP contribution in [0.4, 0.5) is 5.69 Å². The first-order valence-electron chi connectivity index (χ1n) is 6.15. The SMILES string of the molecule is CN(Cc1ccccc1)c1ccc2[nH]ccc2c1. The van der Waals surface area contributed by atoms with Gasteiger partial charge in [0, 0.05) is 36.4 Å². The van der Waals surface area contributed by atoms with Gasteiger partial charge in [0.2, 0.25) is 0 Å². The average molecular weight is 236 g/mol. The van der Waals surface area contributed by atoms with Crippen LogP contribution in [-0.2, 0) is 6.54 Å². The first kappa shape index (κ1) is 10.9. The summed E-state index contributed by atoms with van der Waals surface area (Å²) in [6, 6.07) is 19.1. The van der Waals surface area contributed by atoms with Crippen molar-refractivity contribution in [3.63, 3.8) is 0 Å². The number of hydrogen-bond acceptors (Lipinski definition) is 1. The van der Waals surface area contributed by atoms with E-state index in [1.807, 2.05) is 6.20 Å². The van der Waals surface area contributed by atoms with Crippen molar-refractivity contribution in [3.05, 3.63) is 66.4 Å². The predicted molar refractivity (Wildman–Crippen MR) is 76.8 cm³/mol. The van der Waals surface area contributed by atoms with Gasteiger partial charge in [-0.15, -0.1) is 0 Å². The van der Waals surface area contributed by atoms with E-state index in [2.05, 4.69) is 71.5 Å². The van der Waals surface area contributed by atoms with Crippen LogP contribution in [0.3, 0.4) is 0 Å². The summed E-state index contributed by atoms with van der Waals surface area (Å²) in [5.74, 6) is 0. The molecule has 2 heteroatoms. The fourth-order valence-corrected chi connectivity index (χ4v) is 2.23. The molecule has 0 unspecified atom stereocenters. The molecule has 18 heavy (non-hydrogen) atoms. The van der Waals surface area contributed by atoms with Crippen molar-refractivity contribution in [2.75, 3.05) is 11.9 Å². The molecule has 0 saturated heterocycles. The second-order valence-corrected chi connectivity index (χ2v) is 4.59. The van der Waals surface area contributed by atoms with Crippen molar-refractivity contribution in [2.24, 2.45) is 0 Å². The lowest BCUT2D eigenvalue weighted by atomic mass is 10.2. The zero-order chi connectivity index (χ0) is 12.4. The Kier molecular flexibility index (Phi) is 2.77. The number of anilines is 1. The maximum atomic E-state index is 3.22. The summed E-state index contributed by atoms with van der Waals surface area (Å²) in [6.07, 6.45) is 1.98. The highest BCUT2D eigenvalue weighted by molar-refractivity contribution is 5.83. The molecule has 0 aliphatic heterocycles. The lowest BCUT2D eigenvalue weighted by Gasteiger charge is -2.19. The van der Waals surface area contributed by atoms with Crippen molar-refractivity contribution in [3.8, 4) is 0 Å². The number of aromatic nitrogens is 1.